The van der Waals surface area contributed by atoms with Gasteiger partial charge < -0.3 is 19.9 Å². The normalized spacial score (nSPS) is 15.4. The molecule has 8 heteroatoms. The maximum absolute atomic E-state index is 13.4. The molecule has 3 heterocycles. The minimum absolute atomic E-state index is 0.0313. The lowest BCUT2D eigenvalue weighted by Gasteiger charge is -2.37. The van der Waals surface area contributed by atoms with Gasteiger partial charge in [-0.25, -0.2) is 9.37 Å². The minimum atomic E-state index is -0.448. The third kappa shape index (κ3) is 4.60. The molecule has 1 fully saturated rings. The number of ether oxygens (including phenoxy) is 1. The molecular weight excluding hydrogens is 341 g/mol. The van der Waals surface area contributed by atoms with Gasteiger partial charge in [0.05, 0.1) is 11.5 Å². The van der Waals surface area contributed by atoms with E-state index < -0.39 is 5.82 Å². The second kappa shape index (κ2) is 8.66. The first-order valence-electron chi connectivity index (χ1n) is 8.25. The molecule has 0 radical (unpaired) electrons. The first-order valence-corrected chi connectivity index (χ1v) is 9.13. The third-order valence-electron chi connectivity index (χ3n) is 3.96. The number of aliphatic imine (C=N–C) groups is 1. The summed E-state index contributed by atoms with van der Waals surface area (Å²) in [6.07, 6.45) is 1.51. The molecule has 25 heavy (non-hydrogen) atoms. The van der Waals surface area contributed by atoms with E-state index in [1.165, 1.54) is 23.3 Å². The van der Waals surface area contributed by atoms with E-state index in [1.54, 1.807) is 18.4 Å². The summed E-state index contributed by atoms with van der Waals surface area (Å²) in [5.74, 6) is 0.427. The van der Waals surface area contributed by atoms with Crippen LogP contribution in [0.1, 0.15) is 0 Å². The van der Waals surface area contributed by atoms with Gasteiger partial charge in [0.1, 0.15) is 6.61 Å². The lowest BCUT2D eigenvalue weighted by Crippen LogP contribution is -2.52. The number of nitrogens with one attached hydrogen (secondary N) is 1. The molecule has 0 amide bonds. The molecular formula is C17H22FN5OS. The molecule has 3 rings (SSSR count). The van der Waals surface area contributed by atoms with E-state index in [0.717, 1.165) is 32.1 Å². The molecule has 1 saturated heterocycles. The van der Waals surface area contributed by atoms with Crippen LogP contribution < -0.4 is 15.0 Å². The highest BCUT2D eigenvalue weighted by Gasteiger charge is 2.20. The number of aromatic nitrogens is 1. The molecule has 134 valence electrons. The van der Waals surface area contributed by atoms with Crippen LogP contribution in [0, 0.1) is 5.82 Å². The van der Waals surface area contributed by atoms with Crippen LogP contribution in [0.2, 0.25) is 0 Å². The van der Waals surface area contributed by atoms with Gasteiger partial charge in [-0.15, -0.1) is 11.3 Å². The van der Waals surface area contributed by atoms with Gasteiger partial charge in [-0.2, -0.15) is 0 Å². The predicted octanol–water partition coefficient (Wildman–Crippen LogP) is 2.06. The van der Waals surface area contributed by atoms with Gasteiger partial charge in [0.25, 0.3) is 0 Å². The van der Waals surface area contributed by atoms with E-state index in [2.05, 4.69) is 42.6 Å². The number of halogens is 1. The molecule has 2 aromatic heterocycles. The third-order valence-corrected chi connectivity index (χ3v) is 4.89. The van der Waals surface area contributed by atoms with Crippen LogP contribution in [0.25, 0.3) is 0 Å². The summed E-state index contributed by atoms with van der Waals surface area (Å²) < 4.78 is 18.8. The van der Waals surface area contributed by atoms with Crippen molar-refractivity contribution in [1.29, 1.82) is 0 Å². The summed E-state index contributed by atoms with van der Waals surface area (Å²) in [6.45, 7) is 4.62. The predicted molar refractivity (Wildman–Crippen MR) is 99.2 cm³/mol. The van der Waals surface area contributed by atoms with E-state index in [1.807, 2.05) is 0 Å². The zero-order valence-corrected chi connectivity index (χ0v) is 15.0. The summed E-state index contributed by atoms with van der Waals surface area (Å²) in [6, 6.07) is 7.11. The Hall–Kier alpha value is -2.35. The van der Waals surface area contributed by atoms with Crippen molar-refractivity contribution in [3.63, 3.8) is 0 Å². The van der Waals surface area contributed by atoms with Crippen molar-refractivity contribution in [3.05, 3.63) is 41.7 Å². The first kappa shape index (κ1) is 17.5. The number of hydrogen-bond acceptors (Lipinski definition) is 5. The standard InChI is InChI=1S/C17H22FN5OS/c1-19-17(21-7-12-24-16-14(18)4-2-6-20-16)23-10-8-22(9-11-23)15-5-3-13-25-15/h2-6,13H,7-12H2,1H3,(H,19,21). The molecule has 0 saturated carbocycles. The van der Waals surface area contributed by atoms with Gasteiger partial charge in [0.2, 0.25) is 5.88 Å². The lowest BCUT2D eigenvalue weighted by molar-refractivity contribution is 0.289. The highest BCUT2D eigenvalue weighted by molar-refractivity contribution is 7.14. The Bertz CT molecular complexity index is 686. The maximum Gasteiger partial charge on any atom is 0.250 e. The Balaban J connectivity index is 1.42. The van der Waals surface area contributed by atoms with Gasteiger partial charge in [0.15, 0.2) is 11.8 Å². The Kier molecular flexibility index (Phi) is 6.05. The monoisotopic (exact) mass is 363 g/mol. The van der Waals surface area contributed by atoms with E-state index in [0.29, 0.717) is 13.2 Å². The number of pyridine rings is 1. The molecule has 0 unspecified atom stereocenters. The maximum atomic E-state index is 13.4. The molecule has 0 bridgehead atoms. The molecule has 0 aromatic carbocycles. The smallest absolute Gasteiger partial charge is 0.250 e. The molecule has 1 aliphatic heterocycles. The number of hydrogen-bond donors (Lipinski definition) is 1. The quantitative estimate of drug-likeness (QED) is 0.501. The molecule has 0 aliphatic carbocycles. The van der Waals surface area contributed by atoms with Crippen molar-refractivity contribution < 1.29 is 9.13 Å². The molecule has 1 aliphatic rings. The fourth-order valence-corrected chi connectivity index (χ4v) is 3.49. The number of guanidine groups is 1. The SMILES string of the molecule is CN=C(NCCOc1ncccc1F)N1CCN(c2cccs2)CC1. The highest BCUT2D eigenvalue weighted by atomic mass is 32.1. The summed E-state index contributed by atoms with van der Waals surface area (Å²) in [7, 11) is 1.77. The number of nitrogens with zero attached hydrogens (tertiary/aromatic N) is 4. The molecule has 1 N–H and O–H groups in total. The van der Waals surface area contributed by atoms with Crippen molar-refractivity contribution >= 4 is 22.3 Å². The number of rotatable bonds is 5. The largest absolute Gasteiger partial charge is 0.474 e. The Morgan fingerprint density at radius 1 is 1.32 bits per heavy atom. The van der Waals surface area contributed by atoms with Crippen molar-refractivity contribution in [3.8, 4) is 5.88 Å². The molecule has 6 nitrogen and oxygen atoms in total. The van der Waals surface area contributed by atoms with Crippen LogP contribution in [0.5, 0.6) is 5.88 Å². The molecule has 0 spiro atoms. The fourth-order valence-electron chi connectivity index (χ4n) is 2.71. The summed E-state index contributed by atoms with van der Waals surface area (Å²) in [4.78, 5) is 12.8. The van der Waals surface area contributed by atoms with Crippen LogP contribution in [-0.4, -0.2) is 62.2 Å². The van der Waals surface area contributed by atoms with Gasteiger partial charge in [-0.05, 0) is 29.6 Å². The lowest BCUT2D eigenvalue weighted by atomic mass is 10.3. The Morgan fingerprint density at radius 3 is 2.84 bits per heavy atom. The van der Waals surface area contributed by atoms with Crippen molar-refractivity contribution in [1.82, 2.24) is 15.2 Å². The van der Waals surface area contributed by atoms with Gasteiger partial charge in [-0.1, -0.05) is 0 Å². The second-order valence-corrected chi connectivity index (χ2v) is 6.46. The van der Waals surface area contributed by atoms with Crippen molar-refractivity contribution in [2.45, 2.75) is 0 Å². The number of thiophene rings is 1. The van der Waals surface area contributed by atoms with E-state index in [4.69, 9.17) is 4.74 Å². The molecule has 2 aromatic rings. The van der Waals surface area contributed by atoms with Crippen LogP contribution in [-0.2, 0) is 0 Å². The zero-order valence-electron chi connectivity index (χ0n) is 14.2. The summed E-state index contributed by atoms with van der Waals surface area (Å²) in [5.41, 5.74) is 0. The van der Waals surface area contributed by atoms with Crippen molar-refractivity contribution in [2.24, 2.45) is 4.99 Å². The van der Waals surface area contributed by atoms with Gasteiger partial charge in [-0.3, -0.25) is 4.99 Å². The average molecular weight is 363 g/mol. The number of piperazine rings is 1. The Labute approximate surface area is 151 Å². The van der Waals surface area contributed by atoms with Gasteiger partial charge >= 0.3 is 0 Å². The van der Waals surface area contributed by atoms with Crippen LogP contribution in [0.15, 0.2) is 40.8 Å². The summed E-state index contributed by atoms with van der Waals surface area (Å²) in [5, 5.41) is 6.68. The fraction of sp³-hybridized carbons (Fsp3) is 0.412. The summed E-state index contributed by atoms with van der Waals surface area (Å²) >= 11 is 1.77. The van der Waals surface area contributed by atoms with E-state index in [-0.39, 0.29) is 5.88 Å². The highest BCUT2D eigenvalue weighted by Crippen LogP contribution is 2.22. The van der Waals surface area contributed by atoms with Crippen LogP contribution in [0.4, 0.5) is 9.39 Å². The van der Waals surface area contributed by atoms with Crippen LogP contribution in [0.3, 0.4) is 0 Å². The van der Waals surface area contributed by atoms with Crippen molar-refractivity contribution in [2.75, 3.05) is 51.3 Å². The average Bonchev–Trinajstić information content (AvgIpc) is 3.18. The van der Waals surface area contributed by atoms with E-state index in [9.17, 15) is 4.39 Å². The van der Waals surface area contributed by atoms with Crippen LogP contribution >= 0.6 is 11.3 Å². The van der Waals surface area contributed by atoms with E-state index >= 15 is 0 Å². The zero-order chi connectivity index (χ0) is 17.5. The minimum Gasteiger partial charge on any atom is -0.474 e. The van der Waals surface area contributed by atoms with Gasteiger partial charge in [0, 0.05) is 39.4 Å². The topological polar surface area (TPSA) is 53.0 Å². The number of anilines is 1. The molecule has 0 atom stereocenters. The first-order chi connectivity index (χ1) is 12.3. The Morgan fingerprint density at radius 2 is 2.16 bits per heavy atom. The second-order valence-electron chi connectivity index (χ2n) is 5.54.